The lowest BCUT2D eigenvalue weighted by molar-refractivity contribution is 0.361. The molecule has 246 valence electrons. The predicted octanol–water partition coefficient (Wildman–Crippen LogP) is 13.4. The fraction of sp³-hybridized carbons (Fsp3) is 0.0204. The van der Waals surface area contributed by atoms with E-state index in [9.17, 15) is 0 Å². The van der Waals surface area contributed by atoms with Crippen LogP contribution in [0.2, 0.25) is 0 Å². The Morgan fingerprint density at radius 2 is 1.23 bits per heavy atom. The molecule has 0 saturated carbocycles. The molecule has 12 rings (SSSR count). The minimum atomic E-state index is -0.537. The summed E-state index contributed by atoms with van der Waals surface area (Å²) in [4.78, 5) is 2.27. The Labute approximate surface area is 310 Å². The van der Waals surface area contributed by atoms with Crippen LogP contribution in [0.4, 0.5) is 17.1 Å². The summed E-state index contributed by atoms with van der Waals surface area (Å²) in [6.07, 6.45) is 0. The smallest absolute Gasteiger partial charge is 0.194 e. The van der Waals surface area contributed by atoms with Gasteiger partial charge in [0.05, 0.1) is 11.1 Å². The Morgan fingerprint density at radius 3 is 2.08 bits per heavy atom. The van der Waals surface area contributed by atoms with Gasteiger partial charge in [-0.25, -0.2) is 0 Å². The molecule has 53 heavy (non-hydrogen) atoms. The van der Waals surface area contributed by atoms with Gasteiger partial charge in [0, 0.05) is 42.7 Å². The number of para-hydroxylation sites is 2. The number of nitrogens with zero attached hydrogens (tertiary/aromatic N) is 1. The second-order valence-electron chi connectivity index (χ2n) is 13.8. The van der Waals surface area contributed by atoms with Crippen LogP contribution in [0.3, 0.4) is 0 Å². The molecule has 3 aliphatic rings. The lowest BCUT2D eigenvalue weighted by atomic mass is 9.71. The Hall–Kier alpha value is -6.80. The van der Waals surface area contributed by atoms with Gasteiger partial charge >= 0.3 is 0 Å². The van der Waals surface area contributed by atoms with Gasteiger partial charge in [-0.2, -0.15) is 0 Å². The van der Waals surface area contributed by atoms with Crippen molar-refractivity contribution in [3.05, 3.63) is 198 Å². The highest BCUT2D eigenvalue weighted by atomic mass is 32.1. The molecule has 3 nitrogen and oxygen atoms in total. The fourth-order valence-corrected chi connectivity index (χ4v) is 10.2. The summed E-state index contributed by atoms with van der Waals surface area (Å²) in [7, 11) is 0. The van der Waals surface area contributed by atoms with Gasteiger partial charge in [0.2, 0.25) is 0 Å². The second-order valence-corrected chi connectivity index (χ2v) is 14.9. The molecule has 2 heterocycles. The summed E-state index contributed by atoms with van der Waals surface area (Å²) in [5.74, 6) is 2.76. The van der Waals surface area contributed by atoms with Crippen molar-refractivity contribution < 1.29 is 9.47 Å². The van der Waals surface area contributed by atoms with Crippen molar-refractivity contribution >= 4 is 48.6 Å². The van der Waals surface area contributed by atoms with Gasteiger partial charge in [-0.05, 0) is 100 Å². The normalized spacial score (nSPS) is 13.6. The van der Waals surface area contributed by atoms with Crippen LogP contribution in [0.5, 0.6) is 23.0 Å². The minimum Gasteiger partial charge on any atom is -0.449 e. The van der Waals surface area contributed by atoms with Crippen molar-refractivity contribution in [2.75, 3.05) is 4.90 Å². The number of hydrogen-bond donors (Lipinski definition) is 0. The molecule has 0 N–H and O–H groups in total. The van der Waals surface area contributed by atoms with Gasteiger partial charge in [-0.15, -0.1) is 11.3 Å². The van der Waals surface area contributed by atoms with Crippen molar-refractivity contribution in [2.45, 2.75) is 5.41 Å². The average Bonchev–Trinajstić information content (AvgIpc) is 3.85. The third-order valence-electron chi connectivity index (χ3n) is 11.2. The van der Waals surface area contributed by atoms with Gasteiger partial charge in [0.25, 0.3) is 0 Å². The number of thiophene rings is 1. The van der Waals surface area contributed by atoms with Crippen LogP contribution in [0.15, 0.2) is 164 Å². The monoisotopic (exact) mass is 693 g/mol. The molecule has 0 atom stereocenters. The molecule has 8 aromatic carbocycles. The maximum atomic E-state index is 7.06. The SMILES string of the molecule is c1ccc2c(c#1)C1(c3ccccc3-c3ccccc31)c1ccc3c(c1-2)Oc1cccc(N(c2ccccc2)c2ccc4sc5ccccc5c4c2)c1O3. The molecule has 0 amide bonds. The maximum absolute atomic E-state index is 7.06. The first-order chi connectivity index (χ1) is 26.3. The largest absolute Gasteiger partial charge is 0.449 e. The molecule has 0 radical (unpaired) electrons. The van der Waals surface area contributed by atoms with E-state index in [2.05, 4.69) is 169 Å². The van der Waals surface area contributed by atoms with E-state index in [1.165, 1.54) is 48.0 Å². The van der Waals surface area contributed by atoms with Crippen LogP contribution in [0.1, 0.15) is 22.3 Å². The van der Waals surface area contributed by atoms with Crippen LogP contribution in [0, 0.1) is 12.1 Å². The number of fused-ring (bicyclic) bond motifs is 16. The highest BCUT2D eigenvalue weighted by molar-refractivity contribution is 7.25. The topological polar surface area (TPSA) is 21.7 Å². The van der Waals surface area contributed by atoms with E-state index in [1.54, 1.807) is 0 Å². The maximum Gasteiger partial charge on any atom is 0.194 e. The molecule has 1 aromatic heterocycles. The molecule has 2 aliphatic carbocycles. The Kier molecular flexibility index (Phi) is 5.78. The summed E-state index contributed by atoms with van der Waals surface area (Å²) in [6, 6.07) is 64.9. The van der Waals surface area contributed by atoms with E-state index in [0.29, 0.717) is 17.2 Å². The van der Waals surface area contributed by atoms with Crippen LogP contribution in [-0.4, -0.2) is 0 Å². The zero-order valence-electron chi connectivity index (χ0n) is 28.3. The molecular weight excluding hydrogens is 667 g/mol. The number of benzene rings is 7. The summed E-state index contributed by atoms with van der Waals surface area (Å²) in [6.45, 7) is 0. The number of anilines is 3. The first kappa shape index (κ1) is 28.8. The van der Waals surface area contributed by atoms with Crippen molar-refractivity contribution in [2.24, 2.45) is 0 Å². The van der Waals surface area contributed by atoms with Gasteiger partial charge in [-0.3, -0.25) is 0 Å². The third kappa shape index (κ3) is 3.79. The van der Waals surface area contributed by atoms with Crippen molar-refractivity contribution in [3.8, 4) is 45.3 Å². The zero-order valence-corrected chi connectivity index (χ0v) is 29.1. The van der Waals surface area contributed by atoms with E-state index in [1.807, 2.05) is 23.5 Å². The van der Waals surface area contributed by atoms with Gasteiger partial charge in [0.1, 0.15) is 0 Å². The van der Waals surface area contributed by atoms with E-state index in [0.717, 1.165) is 39.5 Å². The van der Waals surface area contributed by atoms with Gasteiger partial charge in [-0.1, -0.05) is 109 Å². The van der Waals surface area contributed by atoms with Crippen LogP contribution in [-0.2, 0) is 5.41 Å². The van der Waals surface area contributed by atoms with E-state index in [-0.39, 0.29) is 0 Å². The summed E-state index contributed by atoms with van der Waals surface area (Å²) >= 11 is 1.83. The summed E-state index contributed by atoms with van der Waals surface area (Å²) < 4.78 is 16.6. The second kappa shape index (κ2) is 10.6. The standard InChI is InChI=1S/C49H27NO2S/c1-2-13-30(14-3-1)50(31-25-28-45-36(29-31)34-17-7-11-24-44(34)53-45)41-22-12-23-42-47(41)51-43-27-26-40-46(48(43)52-42)35-18-6-10-21-39(35)49(40)37-19-8-4-15-32(37)33-16-5-9-20-38(33)49/h1-9,11-20,22-29H. The molecule has 1 aliphatic heterocycles. The average molecular weight is 694 g/mol. The number of ether oxygens (including phenoxy) is 2. The molecule has 4 heteroatoms. The summed E-state index contributed by atoms with van der Waals surface area (Å²) in [5.41, 5.74) is 11.8. The van der Waals surface area contributed by atoms with E-state index < -0.39 is 5.41 Å². The first-order valence-electron chi connectivity index (χ1n) is 17.8. The van der Waals surface area contributed by atoms with Crippen LogP contribution in [0.25, 0.3) is 42.4 Å². The third-order valence-corrected chi connectivity index (χ3v) is 12.3. The molecular formula is C49H27NO2S. The Bertz CT molecular complexity index is 2930. The van der Waals surface area contributed by atoms with Crippen molar-refractivity contribution in [1.82, 2.24) is 0 Å². The van der Waals surface area contributed by atoms with Gasteiger partial charge in [0.15, 0.2) is 23.0 Å². The molecule has 0 bridgehead atoms. The molecule has 1 spiro atoms. The molecule has 0 fully saturated rings. The van der Waals surface area contributed by atoms with Crippen molar-refractivity contribution in [3.63, 3.8) is 0 Å². The quantitative estimate of drug-likeness (QED) is 0.184. The van der Waals surface area contributed by atoms with Crippen LogP contribution >= 0.6 is 11.3 Å². The van der Waals surface area contributed by atoms with Crippen molar-refractivity contribution in [1.29, 1.82) is 0 Å². The van der Waals surface area contributed by atoms with E-state index in [4.69, 9.17) is 9.47 Å². The number of rotatable bonds is 3. The first-order valence-corrected chi connectivity index (χ1v) is 18.7. The number of hydrogen-bond acceptors (Lipinski definition) is 4. The fourth-order valence-electron chi connectivity index (χ4n) is 9.09. The molecule has 0 unspecified atom stereocenters. The highest BCUT2D eigenvalue weighted by Crippen LogP contribution is 2.66. The predicted molar refractivity (Wildman–Crippen MR) is 215 cm³/mol. The van der Waals surface area contributed by atoms with Crippen LogP contribution < -0.4 is 14.4 Å². The summed E-state index contributed by atoms with van der Waals surface area (Å²) in [5, 5.41) is 2.50. The van der Waals surface area contributed by atoms with E-state index >= 15 is 0 Å². The van der Waals surface area contributed by atoms with Gasteiger partial charge < -0.3 is 14.4 Å². The Morgan fingerprint density at radius 1 is 0.509 bits per heavy atom. The lowest BCUT2D eigenvalue weighted by Gasteiger charge is -2.32. The lowest BCUT2D eigenvalue weighted by Crippen LogP contribution is -2.25. The molecule has 9 aromatic rings. The Balaban J connectivity index is 1.05. The zero-order chi connectivity index (χ0) is 34.7. The molecule has 0 saturated heterocycles. The highest BCUT2D eigenvalue weighted by Gasteiger charge is 2.53. The minimum absolute atomic E-state index is 0.537.